The second-order valence-electron chi connectivity index (χ2n) is 5.03. The van der Waals surface area contributed by atoms with Gasteiger partial charge in [0.25, 0.3) is 5.69 Å². The van der Waals surface area contributed by atoms with E-state index in [4.69, 9.17) is 0 Å². The zero-order valence-corrected chi connectivity index (χ0v) is 12.2. The molecule has 0 aliphatic carbocycles. The molecule has 0 saturated heterocycles. The lowest BCUT2D eigenvalue weighted by molar-refractivity contribution is -0.386. The lowest BCUT2D eigenvalue weighted by atomic mass is 10.1. The summed E-state index contributed by atoms with van der Waals surface area (Å²) in [5, 5.41) is 13.1. The lowest BCUT2D eigenvalue weighted by Gasteiger charge is -2.28. The van der Waals surface area contributed by atoms with Gasteiger partial charge in [-0.3, -0.25) is 10.1 Å². The quantitative estimate of drug-likeness (QED) is 0.629. The van der Waals surface area contributed by atoms with Crippen LogP contribution >= 0.6 is 11.3 Å². The molecule has 20 heavy (non-hydrogen) atoms. The number of thiophene rings is 1. The standard InChI is InChI=1S/C14H15N3O2S/c1-9-7-13(15-10(2)14(9)17(18)19)16-5-3-12-11(8-16)4-6-20-12/h4,6-7H,3,5,8H2,1-2H3. The second-order valence-corrected chi connectivity index (χ2v) is 6.03. The molecule has 0 spiro atoms. The van der Waals surface area contributed by atoms with Gasteiger partial charge >= 0.3 is 0 Å². The third-order valence-corrected chi connectivity index (χ3v) is 4.68. The van der Waals surface area contributed by atoms with Crippen LogP contribution in [0.15, 0.2) is 17.5 Å². The first-order valence-electron chi connectivity index (χ1n) is 6.49. The van der Waals surface area contributed by atoms with Crippen molar-refractivity contribution < 1.29 is 4.92 Å². The van der Waals surface area contributed by atoms with Gasteiger partial charge in [0.1, 0.15) is 11.5 Å². The summed E-state index contributed by atoms with van der Waals surface area (Å²) in [6.07, 6.45) is 1.02. The summed E-state index contributed by atoms with van der Waals surface area (Å²) in [7, 11) is 0. The molecule has 6 heteroatoms. The summed E-state index contributed by atoms with van der Waals surface area (Å²) in [5.41, 5.74) is 2.63. The summed E-state index contributed by atoms with van der Waals surface area (Å²) >= 11 is 1.80. The highest BCUT2D eigenvalue weighted by atomic mass is 32.1. The maximum absolute atomic E-state index is 11.0. The van der Waals surface area contributed by atoms with E-state index in [0.29, 0.717) is 11.3 Å². The molecule has 0 amide bonds. The molecule has 0 saturated carbocycles. The molecule has 0 unspecified atom stereocenters. The number of rotatable bonds is 2. The Labute approximate surface area is 121 Å². The number of nitro groups is 1. The molecule has 2 aromatic heterocycles. The molecule has 1 aliphatic heterocycles. The smallest absolute Gasteiger partial charge is 0.293 e. The summed E-state index contributed by atoms with van der Waals surface area (Å²) in [6, 6.07) is 3.97. The van der Waals surface area contributed by atoms with Gasteiger partial charge in [-0.15, -0.1) is 11.3 Å². The van der Waals surface area contributed by atoms with E-state index in [0.717, 1.165) is 25.3 Å². The van der Waals surface area contributed by atoms with Crippen LogP contribution in [0.5, 0.6) is 0 Å². The van der Waals surface area contributed by atoms with E-state index in [1.807, 2.05) is 6.07 Å². The Morgan fingerprint density at radius 3 is 2.95 bits per heavy atom. The number of hydrogen-bond acceptors (Lipinski definition) is 5. The van der Waals surface area contributed by atoms with E-state index in [1.165, 1.54) is 10.4 Å². The van der Waals surface area contributed by atoms with Gasteiger partial charge in [0.2, 0.25) is 0 Å². The Morgan fingerprint density at radius 2 is 2.25 bits per heavy atom. The van der Waals surface area contributed by atoms with Crippen molar-refractivity contribution in [1.29, 1.82) is 0 Å². The van der Waals surface area contributed by atoms with Crippen LogP contribution in [0, 0.1) is 24.0 Å². The van der Waals surface area contributed by atoms with E-state index in [2.05, 4.69) is 21.3 Å². The van der Waals surface area contributed by atoms with Crippen LogP contribution in [0.4, 0.5) is 11.5 Å². The SMILES string of the molecule is Cc1cc(N2CCc3sccc3C2)nc(C)c1[N+](=O)[O-]. The Kier molecular flexibility index (Phi) is 3.17. The first-order valence-corrected chi connectivity index (χ1v) is 7.37. The largest absolute Gasteiger partial charge is 0.352 e. The van der Waals surface area contributed by atoms with Crippen molar-refractivity contribution in [3.05, 3.63) is 49.3 Å². The van der Waals surface area contributed by atoms with Crippen LogP contribution in [-0.2, 0) is 13.0 Å². The van der Waals surface area contributed by atoms with E-state index in [-0.39, 0.29) is 10.6 Å². The summed E-state index contributed by atoms with van der Waals surface area (Å²) in [6.45, 7) is 5.23. The van der Waals surface area contributed by atoms with Crippen molar-refractivity contribution in [2.75, 3.05) is 11.4 Å². The molecular weight excluding hydrogens is 274 g/mol. The molecule has 1 aliphatic rings. The number of nitrogens with zero attached hydrogens (tertiary/aromatic N) is 3. The topological polar surface area (TPSA) is 59.3 Å². The minimum atomic E-state index is -0.353. The molecule has 0 aromatic carbocycles. The van der Waals surface area contributed by atoms with Crippen molar-refractivity contribution in [2.45, 2.75) is 26.8 Å². The van der Waals surface area contributed by atoms with Crippen LogP contribution in [0.1, 0.15) is 21.7 Å². The van der Waals surface area contributed by atoms with Crippen molar-refractivity contribution in [3.63, 3.8) is 0 Å². The minimum Gasteiger partial charge on any atom is -0.352 e. The van der Waals surface area contributed by atoms with Gasteiger partial charge in [-0.05, 0) is 43.3 Å². The Bertz CT molecular complexity index is 658. The zero-order chi connectivity index (χ0) is 14.3. The summed E-state index contributed by atoms with van der Waals surface area (Å²) < 4.78 is 0. The van der Waals surface area contributed by atoms with Crippen LogP contribution in [0.2, 0.25) is 0 Å². The molecule has 104 valence electrons. The van der Waals surface area contributed by atoms with Crippen LogP contribution in [-0.4, -0.2) is 16.5 Å². The lowest BCUT2D eigenvalue weighted by Crippen LogP contribution is -2.30. The van der Waals surface area contributed by atoms with Crippen LogP contribution < -0.4 is 4.90 Å². The predicted octanol–water partition coefficient (Wildman–Crippen LogP) is 3.23. The molecule has 0 atom stereocenters. The van der Waals surface area contributed by atoms with Crippen molar-refractivity contribution in [1.82, 2.24) is 4.98 Å². The first-order chi connectivity index (χ1) is 9.56. The van der Waals surface area contributed by atoms with E-state index >= 15 is 0 Å². The molecule has 3 rings (SSSR count). The van der Waals surface area contributed by atoms with Crippen molar-refractivity contribution >= 4 is 22.8 Å². The summed E-state index contributed by atoms with van der Waals surface area (Å²) in [5.74, 6) is 0.836. The van der Waals surface area contributed by atoms with E-state index < -0.39 is 0 Å². The number of fused-ring (bicyclic) bond motifs is 1. The molecule has 0 fully saturated rings. The summed E-state index contributed by atoms with van der Waals surface area (Å²) in [4.78, 5) is 18.7. The molecule has 0 radical (unpaired) electrons. The maximum Gasteiger partial charge on any atom is 0.293 e. The highest BCUT2D eigenvalue weighted by Crippen LogP contribution is 2.30. The average Bonchev–Trinajstić information content (AvgIpc) is 2.84. The average molecular weight is 289 g/mol. The van der Waals surface area contributed by atoms with Gasteiger partial charge in [-0.25, -0.2) is 4.98 Å². The molecule has 5 nitrogen and oxygen atoms in total. The number of pyridine rings is 1. The first kappa shape index (κ1) is 13.1. The Morgan fingerprint density at radius 1 is 1.45 bits per heavy atom. The molecule has 0 N–H and O–H groups in total. The van der Waals surface area contributed by atoms with Crippen molar-refractivity contribution in [3.8, 4) is 0 Å². The fraction of sp³-hybridized carbons (Fsp3) is 0.357. The fourth-order valence-electron chi connectivity index (χ4n) is 2.69. The van der Waals surface area contributed by atoms with E-state index in [9.17, 15) is 10.1 Å². The minimum absolute atomic E-state index is 0.127. The number of hydrogen-bond donors (Lipinski definition) is 0. The second kappa shape index (κ2) is 4.86. The molecule has 0 bridgehead atoms. The van der Waals surface area contributed by atoms with Gasteiger partial charge in [-0.2, -0.15) is 0 Å². The highest BCUT2D eigenvalue weighted by Gasteiger charge is 2.22. The van der Waals surface area contributed by atoms with Crippen LogP contribution in [0.25, 0.3) is 0 Å². The third-order valence-electron chi connectivity index (χ3n) is 3.66. The predicted molar refractivity (Wildman–Crippen MR) is 79.4 cm³/mol. The Balaban J connectivity index is 1.94. The van der Waals surface area contributed by atoms with Gasteiger partial charge in [0.05, 0.1) is 4.92 Å². The van der Waals surface area contributed by atoms with Gasteiger partial charge < -0.3 is 4.90 Å². The normalized spacial score (nSPS) is 14.2. The van der Waals surface area contributed by atoms with Gasteiger partial charge in [-0.1, -0.05) is 0 Å². The monoisotopic (exact) mass is 289 g/mol. The maximum atomic E-state index is 11.0. The number of aromatic nitrogens is 1. The van der Waals surface area contributed by atoms with Gasteiger partial charge in [0.15, 0.2) is 0 Å². The van der Waals surface area contributed by atoms with E-state index in [1.54, 1.807) is 25.2 Å². The fourth-order valence-corrected chi connectivity index (χ4v) is 3.58. The molecule has 3 heterocycles. The molecular formula is C14H15N3O2S. The van der Waals surface area contributed by atoms with Crippen molar-refractivity contribution in [2.24, 2.45) is 0 Å². The zero-order valence-electron chi connectivity index (χ0n) is 11.4. The van der Waals surface area contributed by atoms with Gasteiger partial charge in [0, 0.05) is 23.5 Å². The van der Waals surface area contributed by atoms with Crippen LogP contribution in [0.3, 0.4) is 0 Å². The third kappa shape index (κ3) is 2.16. The molecule has 2 aromatic rings. The highest BCUT2D eigenvalue weighted by molar-refractivity contribution is 7.10. The number of aryl methyl sites for hydroxylation is 2. The number of anilines is 1. The Hall–Kier alpha value is -1.95.